The number of amides is 1. The van der Waals surface area contributed by atoms with Crippen LogP contribution in [0.1, 0.15) is 10.4 Å². The zero-order valence-corrected chi connectivity index (χ0v) is 12.4. The van der Waals surface area contributed by atoms with Crippen LogP contribution in [0.5, 0.6) is 0 Å². The van der Waals surface area contributed by atoms with E-state index in [1.807, 2.05) is 0 Å². The van der Waals surface area contributed by atoms with Gasteiger partial charge in [0.2, 0.25) is 10.0 Å². The number of rotatable bonds is 3. The zero-order valence-electron chi connectivity index (χ0n) is 10.8. The first-order valence-electron chi connectivity index (χ1n) is 5.96. The standard InChI is InChI=1S/C12H15ClN2O4S/c1-20(18,19)14-10-6-15(7-11(10)16)12(17)8-2-4-9(13)5-3-8/h2-5,10-11,14,16H,6-7H2,1H3/t10-,11-/m1/s1. The molecule has 8 heteroatoms. The van der Waals surface area contributed by atoms with E-state index in [2.05, 4.69) is 4.72 Å². The normalized spacial score (nSPS) is 23.1. The minimum absolute atomic E-state index is 0.0919. The summed E-state index contributed by atoms with van der Waals surface area (Å²) in [4.78, 5) is 13.6. The van der Waals surface area contributed by atoms with Crippen LogP contribution in [0, 0.1) is 0 Å². The minimum atomic E-state index is -3.43. The van der Waals surface area contributed by atoms with Gasteiger partial charge in [0.05, 0.1) is 18.4 Å². The average Bonchev–Trinajstić information content (AvgIpc) is 2.69. The van der Waals surface area contributed by atoms with Crippen molar-refractivity contribution in [1.82, 2.24) is 9.62 Å². The monoisotopic (exact) mass is 318 g/mol. The maximum atomic E-state index is 12.2. The first-order chi connectivity index (χ1) is 9.26. The Labute approximate surface area is 122 Å². The summed E-state index contributed by atoms with van der Waals surface area (Å²) in [5.74, 6) is -0.265. The second-order valence-electron chi connectivity index (χ2n) is 4.78. The van der Waals surface area contributed by atoms with Gasteiger partial charge in [0, 0.05) is 23.7 Å². The van der Waals surface area contributed by atoms with Gasteiger partial charge in [-0.15, -0.1) is 0 Å². The average molecular weight is 319 g/mol. The Kier molecular flexibility index (Phi) is 4.33. The van der Waals surface area contributed by atoms with Crippen molar-refractivity contribution in [2.45, 2.75) is 12.1 Å². The molecule has 1 aliphatic rings. The molecule has 1 aliphatic heterocycles. The van der Waals surface area contributed by atoms with E-state index in [1.54, 1.807) is 24.3 Å². The van der Waals surface area contributed by atoms with Crippen molar-refractivity contribution in [3.8, 4) is 0 Å². The van der Waals surface area contributed by atoms with Crippen molar-refractivity contribution in [1.29, 1.82) is 0 Å². The van der Waals surface area contributed by atoms with E-state index >= 15 is 0 Å². The van der Waals surface area contributed by atoms with E-state index in [0.29, 0.717) is 10.6 Å². The van der Waals surface area contributed by atoms with Crippen molar-refractivity contribution in [3.05, 3.63) is 34.9 Å². The molecular formula is C12H15ClN2O4S. The number of nitrogens with one attached hydrogen (secondary N) is 1. The molecule has 0 unspecified atom stereocenters. The number of benzene rings is 1. The predicted molar refractivity (Wildman–Crippen MR) is 75.1 cm³/mol. The minimum Gasteiger partial charge on any atom is -0.390 e. The summed E-state index contributed by atoms with van der Waals surface area (Å²) >= 11 is 5.75. The quantitative estimate of drug-likeness (QED) is 0.826. The number of aliphatic hydroxyl groups excluding tert-OH is 1. The smallest absolute Gasteiger partial charge is 0.253 e. The Bertz CT molecular complexity index is 602. The number of sulfonamides is 1. The molecular weight excluding hydrogens is 304 g/mol. The van der Waals surface area contributed by atoms with Crippen LogP contribution in [0.15, 0.2) is 24.3 Å². The Morgan fingerprint density at radius 1 is 1.35 bits per heavy atom. The van der Waals surface area contributed by atoms with Gasteiger partial charge in [0.25, 0.3) is 5.91 Å². The van der Waals surface area contributed by atoms with Gasteiger partial charge in [0.15, 0.2) is 0 Å². The fourth-order valence-electron chi connectivity index (χ4n) is 2.12. The molecule has 2 atom stereocenters. The molecule has 1 aromatic carbocycles. The number of hydrogen-bond acceptors (Lipinski definition) is 4. The van der Waals surface area contributed by atoms with Crippen LogP contribution < -0.4 is 4.72 Å². The van der Waals surface area contributed by atoms with E-state index in [0.717, 1.165) is 6.26 Å². The highest BCUT2D eigenvalue weighted by Gasteiger charge is 2.35. The van der Waals surface area contributed by atoms with Gasteiger partial charge >= 0.3 is 0 Å². The zero-order chi connectivity index (χ0) is 14.9. The molecule has 20 heavy (non-hydrogen) atoms. The van der Waals surface area contributed by atoms with Gasteiger partial charge in [-0.2, -0.15) is 0 Å². The highest BCUT2D eigenvalue weighted by Crippen LogP contribution is 2.16. The molecule has 0 saturated carbocycles. The van der Waals surface area contributed by atoms with Crippen LogP contribution >= 0.6 is 11.6 Å². The van der Waals surface area contributed by atoms with Crippen LogP contribution in [0.2, 0.25) is 5.02 Å². The fourth-order valence-corrected chi connectivity index (χ4v) is 3.03. The van der Waals surface area contributed by atoms with Gasteiger partial charge < -0.3 is 10.0 Å². The second kappa shape index (κ2) is 5.69. The van der Waals surface area contributed by atoms with E-state index < -0.39 is 22.2 Å². The lowest BCUT2D eigenvalue weighted by Gasteiger charge is -2.16. The molecule has 0 aliphatic carbocycles. The van der Waals surface area contributed by atoms with Crippen LogP contribution in [0.25, 0.3) is 0 Å². The Hall–Kier alpha value is -1.15. The third kappa shape index (κ3) is 3.69. The Balaban J connectivity index is 2.08. The van der Waals surface area contributed by atoms with Crippen molar-refractivity contribution < 1.29 is 18.3 Å². The Morgan fingerprint density at radius 3 is 2.50 bits per heavy atom. The number of carbonyl (C=O) groups is 1. The van der Waals surface area contributed by atoms with Gasteiger partial charge in [-0.25, -0.2) is 13.1 Å². The molecule has 1 amide bonds. The van der Waals surface area contributed by atoms with E-state index in [4.69, 9.17) is 11.6 Å². The highest BCUT2D eigenvalue weighted by molar-refractivity contribution is 7.88. The number of carbonyl (C=O) groups excluding carboxylic acids is 1. The van der Waals surface area contributed by atoms with Gasteiger partial charge in [0.1, 0.15) is 0 Å². The lowest BCUT2D eigenvalue weighted by Crippen LogP contribution is -2.42. The molecule has 2 rings (SSSR count). The summed E-state index contributed by atoms with van der Waals surface area (Å²) in [6.07, 6.45) is 0.101. The third-order valence-electron chi connectivity index (χ3n) is 3.03. The fraction of sp³-hybridized carbons (Fsp3) is 0.417. The molecule has 0 bridgehead atoms. The molecule has 0 spiro atoms. The molecule has 2 N–H and O–H groups in total. The summed E-state index contributed by atoms with van der Waals surface area (Å²) in [6.45, 7) is 0.227. The lowest BCUT2D eigenvalue weighted by molar-refractivity contribution is 0.0765. The van der Waals surface area contributed by atoms with Gasteiger partial charge in [-0.1, -0.05) is 11.6 Å². The molecule has 6 nitrogen and oxygen atoms in total. The van der Waals surface area contributed by atoms with Crippen molar-refractivity contribution >= 4 is 27.5 Å². The van der Waals surface area contributed by atoms with Gasteiger partial charge in [-0.3, -0.25) is 4.79 Å². The first-order valence-corrected chi connectivity index (χ1v) is 8.23. The van der Waals surface area contributed by atoms with E-state index in [-0.39, 0.29) is 19.0 Å². The molecule has 1 aromatic rings. The van der Waals surface area contributed by atoms with Crippen LogP contribution in [0.4, 0.5) is 0 Å². The summed E-state index contributed by atoms with van der Waals surface area (Å²) in [7, 11) is -3.43. The number of hydrogen-bond donors (Lipinski definition) is 2. The van der Waals surface area contributed by atoms with Crippen molar-refractivity contribution in [3.63, 3.8) is 0 Å². The summed E-state index contributed by atoms with van der Waals surface area (Å²) < 4.78 is 24.7. The molecule has 0 radical (unpaired) electrons. The van der Waals surface area contributed by atoms with Gasteiger partial charge in [-0.05, 0) is 24.3 Å². The molecule has 1 fully saturated rings. The first kappa shape index (κ1) is 15.2. The summed E-state index contributed by atoms with van der Waals surface area (Å²) in [5.41, 5.74) is 0.446. The molecule has 1 saturated heterocycles. The SMILES string of the molecule is CS(=O)(=O)N[C@@H]1CN(C(=O)c2ccc(Cl)cc2)C[C@H]1O. The number of β-amino-alcohol motifs (C(OH)–C–C–N with tert-alkyl or cyclic N) is 1. The Morgan fingerprint density at radius 2 is 1.95 bits per heavy atom. The number of nitrogens with zero attached hydrogens (tertiary/aromatic N) is 1. The summed E-state index contributed by atoms with van der Waals surface area (Å²) in [6, 6.07) is 5.71. The van der Waals surface area contributed by atoms with Crippen molar-refractivity contribution in [2.24, 2.45) is 0 Å². The number of aliphatic hydroxyl groups is 1. The molecule has 1 heterocycles. The maximum Gasteiger partial charge on any atom is 0.253 e. The summed E-state index contributed by atoms with van der Waals surface area (Å²) in [5, 5.41) is 10.3. The van der Waals surface area contributed by atoms with E-state index in [1.165, 1.54) is 4.90 Å². The third-order valence-corrected chi connectivity index (χ3v) is 4.02. The number of halogens is 1. The lowest BCUT2D eigenvalue weighted by atomic mass is 10.2. The molecule has 0 aromatic heterocycles. The van der Waals surface area contributed by atoms with E-state index in [9.17, 15) is 18.3 Å². The van der Waals surface area contributed by atoms with Crippen LogP contribution in [0.3, 0.4) is 0 Å². The largest absolute Gasteiger partial charge is 0.390 e. The van der Waals surface area contributed by atoms with Crippen molar-refractivity contribution in [2.75, 3.05) is 19.3 Å². The van der Waals surface area contributed by atoms with Crippen LogP contribution in [-0.4, -0.2) is 55.8 Å². The maximum absolute atomic E-state index is 12.2. The topological polar surface area (TPSA) is 86.7 Å². The predicted octanol–water partition coefficient (Wildman–Crippen LogP) is 0.0745. The molecule has 110 valence electrons. The number of likely N-dealkylation sites (tertiary alicyclic amines) is 1. The second-order valence-corrected chi connectivity index (χ2v) is 7.00. The van der Waals surface area contributed by atoms with Crippen LogP contribution in [-0.2, 0) is 10.0 Å². The highest BCUT2D eigenvalue weighted by atomic mass is 35.5.